The Morgan fingerprint density at radius 3 is 2.65 bits per heavy atom. The minimum Gasteiger partial charge on any atom is -0.455 e. The molecule has 0 aliphatic carbocycles. The van der Waals surface area contributed by atoms with Gasteiger partial charge in [0.15, 0.2) is 11.8 Å². The number of halogens is 2. The minimum absolute atomic E-state index is 0.140. The number of piperazine rings is 1. The number of anilines is 2. The summed E-state index contributed by atoms with van der Waals surface area (Å²) in [7, 11) is 1.90. The predicted molar refractivity (Wildman–Crippen MR) is 164 cm³/mol. The molecule has 3 aromatic rings. The molecule has 1 amide bonds. The van der Waals surface area contributed by atoms with Gasteiger partial charge in [0, 0.05) is 79.7 Å². The molecular formula is C32H41F2N7O2. The summed E-state index contributed by atoms with van der Waals surface area (Å²) in [5.74, 6) is 0.603. The van der Waals surface area contributed by atoms with E-state index < -0.39 is 18.4 Å². The van der Waals surface area contributed by atoms with Crippen molar-refractivity contribution < 1.29 is 18.3 Å². The van der Waals surface area contributed by atoms with E-state index in [0.717, 1.165) is 35.6 Å². The number of rotatable bonds is 6. The molecule has 230 valence electrons. The highest BCUT2D eigenvalue weighted by atomic mass is 19.1. The number of likely N-dealkylation sites (N-methyl/N-ethyl adjacent to an activating group) is 1. The highest BCUT2D eigenvalue weighted by Crippen LogP contribution is 2.38. The Hall–Kier alpha value is -3.73. The molecule has 1 N–H and O–H groups in total. The van der Waals surface area contributed by atoms with Gasteiger partial charge >= 0.3 is 6.01 Å². The van der Waals surface area contributed by atoms with E-state index in [1.165, 1.54) is 34.4 Å². The zero-order valence-electron chi connectivity index (χ0n) is 25.7. The zero-order valence-corrected chi connectivity index (χ0v) is 25.7. The van der Waals surface area contributed by atoms with Crippen LogP contribution in [0.25, 0.3) is 10.9 Å². The molecule has 1 unspecified atom stereocenters. The number of H-pyrrole nitrogens is 1. The molecule has 0 bridgehead atoms. The second-order valence-corrected chi connectivity index (χ2v) is 12.4. The number of hydrogen-bond acceptors (Lipinski definition) is 7. The first kappa shape index (κ1) is 29.3. The molecule has 6 rings (SSSR count). The van der Waals surface area contributed by atoms with Gasteiger partial charge in [-0.25, -0.2) is 8.78 Å². The van der Waals surface area contributed by atoms with Gasteiger partial charge in [-0.3, -0.25) is 9.69 Å². The van der Waals surface area contributed by atoms with Gasteiger partial charge in [0.25, 0.3) is 0 Å². The molecule has 1 aromatic carbocycles. The van der Waals surface area contributed by atoms with Gasteiger partial charge in [-0.05, 0) is 70.5 Å². The number of carbonyl (C=O) groups is 1. The SMILES string of the molecule is Cc1cc2[nH]ccc2c(N2CCc3c(nc(O[C@H]4[C@@H](C)N(C)CC4(C)F)nc3N3CCN(C(=O)/C=C/CF)CC3)C2)c1C. The quantitative estimate of drug-likeness (QED) is 0.431. The number of aromatic nitrogens is 3. The largest absolute Gasteiger partial charge is 0.455 e. The number of fused-ring (bicyclic) bond motifs is 2. The van der Waals surface area contributed by atoms with Gasteiger partial charge in [0.2, 0.25) is 5.91 Å². The number of allylic oxidation sites excluding steroid dienone is 1. The number of amides is 1. The summed E-state index contributed by atoms with van der Waals surface area (Å²) in [4.78, 5) is 33.9. The summed E-state index contributed by atoms with van der Waals surface area (Å²) in [6.45, 7) is 11.0. The second kappa shape index (κ2) is 11.4. The van der Waals surface area contributed by atoms with Crippen LogP contribution in [0.1, 0.15) is 36.2 Å². The number of carbonyl (C=O) groups excluding carboxylic acids is 1. The summed E-state index contributed by atoms with van der Waals surface area (Å²) >= 11 is 0. The first-order valence-corrected chi connectivity index (χ1v) is 15.1. The highest BCUT2D eigenvalue weighted by molar-refractivity contribution is 5.95. The fourth-order valence-electron chi connectivity index (χ4n) is 6.90. The lowest BCUT2D eigenvalue weighted by atomic mass is 9.99. The average Bonchev–Trinajstić information content (AvgIpc) is 3.52. The van der Waals surface area contributed by atoms with Crippen LogP contribution in [0.3, 0.4) is 0 Å². The number of nitrogens with zero attached hydrogens (tertiary/aromatic N) is 6. The van der Waals surface area contributed by atoms with Gasteiger partial charge in [0.05, 0.1) is 12.2 Å². The molecule has 2 fully saturated rings. The monoisotopic (exact) mass is 593 g/mol. The smallest absolute Gasteiger partial charge is 0.319 e. The van der Waals surface area contributed by atoms with Crippen molar-refractivity contribution in [1.82, 2.24) is 24.8 Å². The fourth-order valence-corrected chi connectivity index (χ4v) is 6.90. The van der Waals surface area contributed by atoms with Gasteiger partial charge in [-0.15, -0.1) is 0 Å². The van der Waals surface area contributed by atoms with Crippen molar-refractivity contribution in [3.05, 3.63) is 52.9 Å². The molecule has 0 spiro atoms. The van der Waals surface area contributed by atoms with E-state index in [2.05, 4.69) is 40.8 Å². The van der Waals surface area contributed by atoms with Crippen molar-refractivity contribution in [2.45, 2.75) is 58.5 Å². The summed E-state index contributed by atoms with van der Waals surface area (Å²) < 4.78 is 34.5. The standard InChI is InChI=1S/C32H41F2N7O2/c1-20-17-25-23(8-11-35-25)28(21(20)2)41-12-9-24-26(18-41)36-31(43-29-22(3)38(5)19-32(29,4)34)37-30(24)40-15-13-39(14-16-40)27(42)7-6-10-33/h6-8,11,17,22,29,35H,9-10,12-16,18-19H2,1-5H3/b7-6+/t22-,29+,32?/m1/s1. The maximum absolute atomic E-state index is 15.6. The number of ether oxygens (including phenoxy) is 1. The molecular weight excluding hydrogens is 552 g/mol. The first-order valence-electron chi connectivity index (χ1n) is 15.1. The topological polar surface area (TPSA) is 80.8 Å². The summed E-state index contributed by atoms with van der Waals surface area (Å²) in [5.41, 5.74) is 5.15. The molecule has 2 saturated heterocycles. The minimum atomic E-state index is -1.54. The number of benzene rings is 1. The Morgan fingerprint density at radius 1 is 1.19 bits per heavy atom. The van der Waals surface area contributed by atoms with Crippen molar-refractivity contribution in [3.8, 4) is 6.01 Å². The van der Waals surface area contributed by atoms with Gasteiger partial charge < -0.3 is 24.4 Å². The maximum Gasteiger partial charge on any atom is 0.319 e. The van der Waals surface area contributed by atoms with E-state index in [1.807, 2.05) is 25.1 Å². The summed E-state index contributed by atoms with van der Waals surface area (Å²) in [6.07, 6.45) is 4.54. The third kappa shape index (κ3) is 5.43. The number of aromatic amines is 1. The van der Waals surface area contributed by atoms with Crippen molar-refractivity contribution in [2.75, 3.05) is 62.8 Å². The average molecular weight is 594 g/mol. The Morgan fingerprint density at radius 2 is 1.95 bits per heavy atom. The van der Waals surface area contributed by atoms with Gasteiger partial charge in [-0.2, -0.15) is 9.97 Å². The van der Waals surface area contributed by atoms with Crippen molar-refractivity contribution in [3.63, 3.8) is 0 Å². The maximum atomic E-state index is 15.6. The number of hydrogen-bond donors (Lipinski definition) is 1. The number of aryl methyl sites for hydroxylation is 1. The van der Waals surface area contributed by atoms with Crippen molar-refractivity contribution in [1.29, 1.82) is 0 Å². The molecule has 9 nitrogen and oxygen atoms in total. The zero-order chi connectivity index (χ0) is 30.5. The Bertz CT molecular complexity index is 1550. The third-order valence-corrected chi connectivity index (χ3v) is 9.44. The van der Waals surface area contributed by atoms with E-state index in [-0.39, 0.29) is 24.5 Å². The molecule has 2 aromatic heterocycles. The lowest BCUT2D eigenvalue weighted by Crippen LogP contribution is -2.49. The van der Waals surface area contributed by atoms with Gasteiger partial charge in [-0.1, -0.05) is 0 Å². The molecule has 3 aliphatic heterocycles. The van der Waals surface area contributed by atoms with E-state index in [0.29, 0.717) is 32.7 Å². The van der Waals surface area contributed by atoms with E-state index in [9.17, 15) is 9.18 Å². The molecule has 3 aliphatic rings. The van der Waals surface area contributed by atoms with Crippen molar-refractivity contribution >= 4 is 28.3 Å². The normalized spacial score (nSPS) is 24.8. The highest BCUT2D eigenvalue weighted by Gasteiger charge is 2.49. The Kier molecular flexibility index (Phi) is 7.78. The predicted octanol–water partition coefficient (Wildman–Crippen LogP) is 4.12. The number of nitrogens with one attached hydrogen (secondary N) is 1. The van der Waals surface area contributed by atoms with E-state index >= 15 is 4.39 Å². The molecule has 0 radical (unpaired) electrons. The van der Waals surface area contributed by atoms with Crippen LogP contribution < -0.4 is 14.5 Å². The molecule has 5 heterocycles. The van der Waals surface area contributed by atoms with Crippen LogP contribution in [0.5, 0.6) is 6.01 Å². The second-order valence-electron chi connectivity index (χ2n) is 12.4. The third-order valence-electron chi connectivity index (χ3n) is 9.44. The summed E-state index contributed by atoms with van der Waals surface area (Å²) in [6, 6.07) is 4.35. The van der Waals surface area contributed by atoms with Crippen LogP contribution in [-0.2, 0) is 17.8 Å². The van der Waals surface area contributed by atoms with Crippen LogP contribution >= 0.6 is 0 Å². The first-order chi connectivity index (χ1) is 20.6. The lowest BCUT2D eigenvalue weighted by molar-refractivity contribution is -0.126. The molecule has 11 heteroatoms. The van der Waals surface area contributed by atoms with Crippen LogP contribution in [0, 0.1) is 13.8 Å². The Balaban J connectivity index is 1.34. The van der Waals surface area contributed by atoms with Crippen LogP contribution in [0.2, 0.25) is 0 Å². The van der Waals surface area contributed by atoms with Crippen LogP contribution in [0.4, 0.5) is 20.3 Å². The van der Waals surface area contributed by atoms with Crippen LogP contribution in [0.15, 0.2) is 30.5 Å². The number of likely N-dealkylation sites (tertiary alicyclic amines) is 1. The van der Waals surface area contributed by atoms with Gasteiger partial charge in [0.1, 0.15) is 12.5 Å². The van der Waals surface area contributed by atoms with E-state index in [4.69, 9.17) is 14.7 Å². The Labute approximate surface area is 251 Å². The number of alkyl halides is 2. The lowest BCUT2D eigenvalue weighted by Gasteiger charge is -2.38. The van der Waals surface area contributed by atoms with Crippen molar-refractivity contribution in [2.24, 2.45) is 0 Å². The van der Waals surface area contributed by atoms with Crippen LogP contribution in [-0.4, -0.2) is 101 Å². The summed E-state index contributed by atoms with van der Waals surface area (Å²) in [5, 5.41) is 1.18. The molecule has 3 atom stereocenters. The molecule has 43 heavy (non-hydrogen) atoms. The van der Waals surface area contributed by atoms with E-state index in [1.54, 1.807) is 11.8 Å². The fraction of sp³-hybridized carbons (Fsp3) is 0.531. The molecule has 0 saturated carbocycles.